The van der Waals surface area contributed by atoms with Crippen LogP contribution in [0.25, 0.3) is 11.3 Å². The molecule has 2 aromatic heterocycles. The van der Waals surface area contributed by atoms with Crippen LogP contribution in [0, 0.1) is 0 Å². The maximum absolute atomic E-state index is 12.1. The van der Waals surface area contributed by atoms with E-state index in [0.29, 0.717) is 10.3 Å². The highest BCUT2D eigenvalue weighted by Gasteiger charge is 2.18. The number of hydrogen-bond donors (Lipinski definition) is 0. The summed E-state index contributed by atoms with van der Waals surface area (Å²) in [5.41, 5.74) is 1.46. The summed E-state index contributed by atoms with van der Waals surface area (Å²) in [6.07, 6.45) is 2.86. The summed E-state index contributed by atoms with van der Waals surface area (Å²) in [6, 6.07) is 9.00. The zero-order valence-corrected chi connectivity index (χ0v) is 11.1. The van der Waals surface area contributed by atoms with E-state index in [1.807, 2.05) is 30.3 Å². The van der Waals surface area contributed by atoms with Crippen molar-refractivity contribution in [2.24, 2.45) is 0 Å². The van der Waals surface area contributed by atoms with Crippen LogP contribution in [-0.4, -0.2) is 36.0 Å². The molecule has 0 N–H and O–H groups in total. The van der Waals surface area contributed by atoms with Crippen LogP contribution in [0.1, 0.15) is 0 Å². The average Bonchev–Trinajstić information content (AvgIpc) is 3.08. The predicted molar refractivity (Wildman–Crippen MR) is 69.4 cm³/mol. The summed E-state index contributed by atoms with van der Waals surface area (Å²) in [5, 5.41) is 15.0. The zero-order chi connectivity index (χ0) is 13.2. The van der Waals surface area contributed by atoms with Gasteiger partial charge in [-0.15, -0.1) is 10.2 Å². The molecule has 94 valence electrons. The number of carbonyl (C=O) groups is 1. The van der Waals surface area contributed by atoms with Gasteiger partial charge in [-0.1, -0.05) is 40.8 Å². The van der Waals surface area contributed by atoms with E-state index >= 15 is 0 Å². The Morgan fingerprint density at radius 2 is 1.95 bits per heavy atom. The van der Waals surface area contributed by atoms with Gasteiger partial charge in [0.1, 0.15) is 10.3 Å². The fraction of sp³-hybridized carbons (Fsp3) is 0. The normalized spacial score (nSPS) is 10.6. The molecular formula is C11H7BrN6O. The minimum absolute atomic E-state index is 0.459. The molecule has 0 fully saturated rings. The average molecular weight is 319 g/mol. The SMILES string of the molecule is O=C(n1ccnn1)n1nnc(-c2ccccc2)c1Br. The van der Waals surface area contributed by atoms with Crippen LogP contribution in [0.15, 0.2) is 47.3 Å². The third kappa shape index (κ3) is 2.06. The summed E-state index contributed by atoms with van der Waals surface area (Å²) < 4.78 is 2.67. The molecule has 0 aliphatic heterocycles. The highest BCUT2D eigenvalue weighted by molar-refractivity contribution is 9.10. The Morgan fingerprint density at radius 3 is 2.63 bits per heavy atom. The Labute approximate surface area is 116 Å². The molecule has 0 amide bonds. The van der Waals surface area contributed by atoms with Crippen molar-refractivity contribution in [3.63, 3.8) is 0 Å². The highest BCUT2D eigenvalue weighted by Crippen LogP contribution is 2.25. The lowest BCUT2D eigenvalue weighted by Crippen LogP contribution is -2.21. The molecule has 0 spiro atoms. The molecule has 0 saturated heterocycles. The highest BCUT2D eigenvalue weighted by atomic mass is 79.9. The summed E-state index contributed by atoms with van der Waals surface area (Å²) in [4.78, 5) is 12.1. The van der Waals surface area contributed by atoms with Crippen molar-refractivity contribution in [1.82, 2.24) is 30.0 Å². The Hall–Kier alpha value is -2.35. The first-order valence-corrected chi connectivity index (χ1v) is 6.14. The van der Waals surface area contributed by atoms with Crippen LogP contribution in [0.3, 0.4) is 0 Å². The molecule has 1 aromatic carbocycles. The second kappa shape index (κ2) is 4.73. The Bertz CT molecular complexity index is 706. The van der Waals surface area contributed by atoms with Gasteiger partial charge >= 0.3 is 6.03 Å². The number of aromatic nitrogens is 6. The topological polar surface area (TPSA) is 78.5 Å². The Kier molecular flexibility index (Phi) is 2.92. The van der Waals surface area contributed by atoms with Gasteiger partial charge in [-0.25, -0.2) is 4.79 Å². The van der Waals surface area contributed by atoms with Gasteiger partial charge in [0.25, 0.3) is 0 Å². The van der Waals surface area contributed by atoms with E-state index in [2.05, 4.69) is 36.6 Å². The standard InChI is InChI=1S/C11H7BrN6O/c12-10-9(8-4-2-1-3-5-8)14-16-18(10)11(19)17-7-6-13-15-17/h1-7H. The molecule has 0 radical (unpaired) electrons. The monoisotopic (exact) mass is 318 g/mol. The first-order chi connectivity index (χ1) is 9.27. The van der Waals surface area contributed by atoms with E-state index in [0.717, 1.165) is 14.9 Å². The molecule has 0 unspecified atom stereocenters. The lowest BCUT2D eigenvalue weighted by molar-refractivity contribution is 0.236. The van der Waals surface area contributed by atoms with Crippen molar-refractivity contribution in [3.05, 3.63) is 47.3 Å². The molecule has 7 nitrogen and oxygen atoms in total. The third-order valence-electron chi connectivity index (χ3n) is 2.46. The summed E-state index contributed by atoms with van der Waals surface area (Å²) >= 11 is 3.33. The summed E-state index contributed by atoms with van der Waals surface area (Å²) in [5.74, 6) is 0. The van der Waals surface area contributed by atoms with Crippen LogP contribution in [0.2, 0.25) is 0 Å². The van der Waals surface area contributed by atoms with E-state index in [1.54, 1.807) is 0 Å². The number of carbonyl (C=O) groups excluding carboxylic acids is 1. The van der Waals surface area contributed by atoms with E-state index < -0.39 is 6.03 Å². The largest absolute Gasteiger partial charge is 0.373 e. The van der Waals surface area contributed by atoms with Crippen molar-refractivity contribution in [2.75, 3.05) is 0 Å². The van der Waals surface area contributed by atoms with Gasteiger partial charge in [-0.2, -0.15) is 9.36 Å². The molecule has 2 heterocycles. The number of rotatable bonds is 1. The molecule has 3 aromatic rings. The van der Waals surface area contributed by atoms with Gasteiger partial charge in [0.2, 0.25) is 0 Å². The summed E-state index contributed by atoms with van der Waals surface area (Å²) in [7, 11) is 0. The van der Waals surface area contributed by atoms with Crippen molar-refractivity contribution in [3.8, 4) is 11.3 Å². The molecular weight excluding hydrogens is 312 g/mol. The second-order valence-electron chi connectivity index (χ2n) is 3.64. The van der Waals surface area contributed by atoms with Gasteiger partial charge in [0.15, 0.2) is 0 Å². The first kappa shape index (κ1) is 11.7. The third-order valence-corrected chi connectivity index (χ3v) is 3.17. The fourth-order valence-electron chi connectivity index (χ4n) is 1.57. The van der Waals surface area contributed by atoms with Gasteiger partial charge in [-0.3, -0.25) is 0 Å². The van der Waals surface area contributed by atoms with Crippen molar-refractivity contribution in [1.29, 1.82) is 0 Å². The van der Waals surface area contributed by atoms with Crippen molar-refractivity contribution in [2.45, 2.75) is 0 Å². The Balaban J connectivity index is 2.02. The maximum Gasteiger partial charge on any atom is 0.373 e. The molecule has 19 heavy (non-hydrogen) atoms. The van der Waals surface area contributed by atoms with Crippen LogP contribution in [-0.2, 0) is 0 Å². The molecule has 0 atom stereocenters. The predicted octanol–water partition coefficient (Wildman–Crippen LogP) is 1.82. The zero-order valence-electron chi connectivity index (χ0n) is 9.51. The number of nitrogens with zero attached hydrogens (tertiary/aromatic N) is 6. The van der Waals surface area contributed by atoms with E-state index in [1.165, 1.54) is 12.4 Å². The summed E-state index contributed by atoms with van der Waals surface area (Å²) in [6.45, 7) is 0. The fourth-order valence-corrected chi connectivity index (χ4v) is 2.10. The van der Waals surface area contributed by atoms with Crippen LogP contribution >= 0.6 is 15.9 Å². The lowest BCUT2D eigenvalue weighted by Gasteiger charge is -2.00. The molecule has 0 saturated carbocycles. The van der Waals surface area contributed by atoms with Crippen molar-refractivity contribution >= 4 is 22.0 Å². The number of halogens is 1. The molecule has 3 rings (SSSR count). The van der Waals surface area contributed by atoms with Crippen LogP contribution in [0.5, 0.6) is 0 Å². The minimum Gasteiger partial charge on any atom is -0.243 e. The smallest absolute Gasteiger partial charge is 0.243 e. The quantitative estimate of drug-likeness (QED) is 0.683. The van der Waals surface area contributed by atoms with Crippen LogP contribution < -0.4 is 0 Å². The molecule has 0 aliphatic rings. The minimum atomic E-state index is -0.459. The van der Waals surface area contributed by atoms with Crippen molar-refractivity contribution < 1.29 is 4.79 Å². The maximum atomic E-state index is 12.1. The second-order valence-corrected chi connectivity index (χ2v) is 4.39. The van der Waals surface area contributed by atoms with Gasteiger partial charge < -0.3 is 0 Å². The molecule has 8 heteroatoms. The van der Waals surface area contributed by atoms with E-state index in [4.69, 9.17) is 0 Å². The molecule has 0 bridgehead atoms. The first-order valence-electron chi connectivity index (χ1n) is 5.35. The van der Waals surface area contributed by atoms with Gasteiger partial charge in [0.05, 0.1) is 12.4 Å². The molecule has 0 aliphatic carbocycles. The lowest BCUT2D eigenvalue weighted by atomic mass is 10.2. The number of benzene rings is 1. The van der Waals surface area contributed by atoms with E-state index in [-0.39, 0.29) is 0 Å². The van der Waals surface area contributed by atoms with Gasteiger partial charge in [0, 0.05) is 5.56 Å². The van der Waals surface area contributed by atoms with Gasteiger partial charge in [-0.05, 0) is 15.9 Å². The van der Waals surface area contributed by atoms with Crippen LogP contribution in [0.4, 0.5) is 4.79 Å². The van der Waals surface area contributed by atoms with E-state index in [9.17, 15) is 4.79 Å². The Morgan fingerprint density at radius 1 is 1.16 bits per heavy atom. The number of hydrogen-bond acceptors (Lipinski definition) is 5.